The van der Waals surface area contributed by atoms with Crippen LogP contribution in [0.2, 0.25) is 0 Å². The standard InChI is InChI=1S/C10H17N3/c1-2-3-4-5-11-6-10-7-12-9-13-8-10/h7-9,11H,2-6H2,1H3. The van der Waals surface area contributed by atoms with E-state index in [1.165, 1.54) is 19.3 Å². The molecule has 0 atom stereocenters. The highest BCUT2D eigenvalue weighted by atomic mass is 14.9. The minimum absolute atomic E-state index is 0.880. The first-order valence-electron chi connectivity index (χ1n) is 4.88. The average Bonchev–Trinajstić information content (AvgIpc) is 2.19. The number of rotatable bonds is 6. The van der Waals surface area contributed by atoms with Crippen LogP contribution in [-0.2, 0) is 6.54 Å². The molecule has 1 aromatic rings. The second-order valence-corrected chi connectivity index (χ2v) is 3.13. The molecule has 0 aliphatic heterocycles. The van der Waals surface area contributed by atoms with Crippen molar-refractivity contribution in [1.82, 2.24) is 15.3 Å². The molecule has 0 aliphatic rings. The highest BCUT2D eigenvalue weighted by molar-refractivity contribution is 5.01. The van der Waals surface area contributed by atoms with E-state index in [1.807, 2.05) is 12.4 Å². The molecule has 0 unspecified atom stereocenters. The van der Waals surface area contributed by atoms with Gasteiger partial charge in [0, 0.05) is 24.5 Å². The SMILES string of the molecule is CCCCCNCc1cncnc1. The molecule has 0 bridgehead atoms. The third-order valence-corrected chi connectivity index (χ3v) is 1.90. The first-order valence-corrected chi connectivity index (χ1v) is 4.88. The maximum atomic E-state index is 3.95. The van der Waals surface area contributed by atoms with Crippen LogP contribution in [0.5, 0.6) is 0 Å². The summed E-state index contributed by atoms with van der Waals surface area (Å²) < 4.78 is 0. The third-order valence-electron chi connectivity index (χ3n) is 1.90. The first-order chi connectivity index (χ1) is 6.43. The number of hydrogen-bond acceptors (Lipinski definition) is 3. The van der Waals surface area contributed by atoms with Crippen LogP contribution < -0.4 is 5.32 Å². The number of nitrogens with zero attached hydrogens (tertiary/aromatic N) is 2. The summed E-state index contributed by atoms with van der Waals surface area (Å²) >= 11 is 0. The fourth-order valence-electron chi connectivity index (χ4n) is 1.15. The van der Waals surface area contributed by atoms with Gasteiger partial charge in [0.15, 0.2) is 0 Å². The maximum absolute atomic E-state index is 3.95. The van der Waals surface area contributed by atoms with Gasteiger partial charge < -0.3 is 5.32 Å². The molecule has 13 heavy (non-hydrogen) atoms. The van der Waals surface area contributed by atoms with Gasteiger partial charge in [0.25, 0.3) is 0 Å². The number of hydrogen-bond donors (Lipinski definition) is 1. The van der Waals surface area contributed by atoms with Gasteiger partial charge in [-0.25, -0.2) is 9.97 Å². The van der Waals surface area contributed by atoms with Gasteiger partial charge in [0.05, 0.1) is 0 Å². The number of aromatic nitrogens is 2. The van der Waals surface area contributed by atoms with Crippen LogP contribution in [0.25, 0.3) is 0 Å². The van der Waals surface area contributed by atoms with E-state index < -0.39 is 0 Å². The molecule has 0 aliphatic carbocycles. The number of unbranched alkanes of at least 4 members (excludes halogenated alkanes) is 2. The normalized spacial score (nSPS) is 10.2. The van der Waals surface area contributed by atoms with E-state index in [0.29, 0.717) is 0 Å². The Morgan fingerprint density at radius 2 is 2.00 bits per heavy atom. The Morgan fingerprint density at radius 1 is 1.23 bits per heavy atom. The molecule has 1 rings (SSSR count). The predicted molar refractivity (Wildman–Crippen MR) is 53.3 cm³/mol. The molecule has 1 heterocycles. The highest BCUT2D eigenvalue weighted by Crippen LogP contribution is 1.94. The predicted octanol–water partition coefficient (Wildman–Crippen LogP) is 1.76. The summed E-state index contributed by atoms with van der Waals surface area (Å²) in [5.74, 6) is 0. The fraction of sp³-hybridized carbons (Fsp3) is 0.600. The zero-order chi connectivity index (χ0) is 9.36. The smallest absolute Gasteiger partial charge is 0.115 e. The van der Waals surface area contributed by atoms with E-state index in [9.17, 15) is 0 Å². The van der Waals surface area contributed by atoms with Crippen molar-refractivity contribution < 1.29 is 0 Å². The molecule has 1 aromatic heterocycles. The van der Waals surface area contributed by atoms with Crippen molar-refractivity contribution in [1.29, 1.82) is 0 Å². The lowest BCUT2D eigenvalue weighted by molar-refractivity contribution is 0.615. The molecular weight excluding hydrogens is 162 g/mol. The Labute approximate surface area is 79.6 Å². The Balaban J connectivity index is 2.07. The van der Waals surface area contributed by atoms with Crippen LogP contribution >= 0.6 is 0 Å². The second kappa shape index (κ2) is 6.54. The van der Waals surface area contributed by atoms with Crippen molar-refractivity contribution in [2.75, 3.05) is 6.54 Å². The Morgan fingerprint density at radius 3 is 2.69 bits per heavy atom. The lowest BCUT2D eigenvalue weighted by atomic mass is 10.2. The van der Waals surface area contributed by atoms with Gasteiger partial charge >= 0.3 is 0 Å². The van der Waals surface area contributed by atoms with Gasteiger partial charge in [-0.05, 0) is 13.0 Å². The third kappa shape index (κ3) is 4.58. The van der Waals surface area contributed by atoms with E-state index in [1.54, 1.807) is 6.33 Å². The van der Waals surface area contributed by atoms with Gasteiger partial charge in [-0.3, -0.25) is 0 Å². The lowest BCUT2D eigenvalue weighted by Crippen LogP contribution is -2.14. The lowest BCUT2D eigenvalue weighted by Gasteiger charge is -2.02. The molecule has 0 radical (unpaired) electrons. The molecular formula is C10H17N3. The Hall–Kier alpha value is -0.960. The van der Waals surface area contributed by atoms with Crippen molar-refractivity contribution in [3.63, 3.8) is 0 Å². The summed E-state index contributed by atoms with van der Waals surface area (Å²) in [6.45, 7) is 4.18. The minimum atomic E-state index is 0.880. The monoisotopic (exact) mass is 179 g/mol. The summed E-state index contributed by atoms with van der Waals surface area (Å²) in [4.78, 5) is 7.90. The van der Waals surface area contributed by atoms with E-state index >= 15 is 0 Å². The molecule has 72 valence electrons. The van der Waals surface area contributed by atoms with Crippen LogP contribution in [0.4, 0.5) is 0 Å². The average molecular weight is 179 g/mol. The van der Waals surface area contributed by atoms with Gasteiger partial charge in [-0.1, -0.05) is 19.8 Å². The largest absolute Gasteiger partial charge is 0.313 e. The quantitative estimate of drug-likeness (QED) is 0.676. The van der Waals surface area contributed by atoms with Crippen molar-refractivity contribution >= 4 is 0 Å². The van der Waals surface area contributed by atoms with Gasteiger partial charge in [0.2, 0.25) is 0 Å². The summed E-state index contributed by atoms with van der Waals surface area (Å²) in [5, 5.41) is 3.36. The van der Waals surface area contributed by atoms with Crippen molar-refractivity contribution in [3.8, 4) is 0 Å². The van der Waals surface area contributed by atoms with Gasteiger partial charge in [-0.15, -0.1) is 0 Å². The molecule has 0 amide bonds. The topological polar surface area (TPSA) is 37.8 Å². The Kier molecular flexibility index (Phi) is 5.10. The molecule has 0 spiro atoms. The molecule has 1 N–H and O–H groups in total. The number of nitrogens with one attached hydrogen (secondary N) is 1. The zero-order valence-corrected chi connectivity index (χ0v) is 8.16. The second-order valence-electron chi connectivity index (χ2n) is 3.13. The molecule has 0 saturated carbocycles. The van der Waals surface area contributed by atoms with Crippen LogP contribution in [-0.4, -0.2) is 16.5 Å². The van der Waals surface area contributed by atoms with Crippen molar-refractivity contribution in [2.45, 2.75) is 32.7 Å². The van der Waals surface area contributed by atoms with Crippen LogP contribution in [0.1, 0.15) is 31.7 Å². The van der Waals surface area contributed by atoms with E-state index in [-0.39, 0.29) is 0 Å². The summed E-state index contributed by atoms with van der Waals surface area (Å²) in [6, 6.07) is 0. The highest BCUT2D eigenvalue weighted by Gasteiger charge is 1.91. The van der Waals surface area contributed by atoms with Crippen molar-refractivity contribution in [2.24, 2.45) is 0 Å². The summed E-state index contributed by atoms with van der Waals surface area (Å²) in [7, 11) is 0. The fourth-order valence-corrected chi connectivity index (χ4v) is 1.15. The Bertz CT molecular complexity index is 211. The van der Waals surface area contributed by atoms with Crippen LogP contribution in [0, 0.1) is 0 Å². The molecule has 0 fully saturated rings. The van der Waals surface area contributed by atoms with E-state index in [2.05, 4.69) is 22.2 Å². The first kappa shape index (κ1) is 10.1. The molecule has 0 aromatic carbocycles. The van der Waals surface area contributed by atoms with Crippen LogP contribution in [0.15, 0.2) is 18.7 Å². The minimum Gasteiger partial charge on any atom is -0.313 e. The van der Waals surface area contributed by atoms with Crippen molar-refractivity contribution in [3.05, 3.63) is 24.3 Å². The zero-order valence-electron chi connectivity index (χ0n) is 8.16. The molecule has 3 heteroatoms. The van der Waals surface area contributed by atoms with E-state index in [0.717, 1.165) is 18.7 Å². The van der Waals surface area contributed by atoms with Gasteiger partial charge in [0.1, 0.15) is 6.33 Å². The summed E-state index contributed by atoms with van der Waals surface area (Å²) in [6.07, 6.45) is 9.08. The van der Waals surface area contributed by atoms with Crippen LogP contribution in [0.3, 0.4) is 0 Å². The van der Waals surface area contributed by atoms with E-state index in [4.69, 9.17) is 0 Å². The molecule has 3 nitrogen and oxygen atoms in total. The maximum Gasteiger partial charge on any atom is 0.115 e. The molecule has 0 saturated heterocycles. The summed E-state index contributed by atoms with van der Waals surface area (Å²) in [5.41, 5.74) is 1.15. The van der Waals surface area contributed by atoms with Gasteiger partial charge in [-0.2, -0.15) is 0 Å².